The first-order chi connectivity index (χ1) is 8.46. The molecule has 0 spiro atoms. The predicted molar refractivity (Wildman–Crippen MR) is 72.0 cm³/mol. The lowest BCUT2D eigenvalue weighted by Crippen LogP contribution is -2.47. The molecular formula is C12H19NO3S2. The van der Waals surface area contributed by atoms with E-state index in [9.17, 15) is 8.42 Å². The molecule has 1 aliphatic rings. The summed E-state index contributed by atoms with van der Waals surface area (Å²) in [5.41, 5.74) is 0. The highest BCUT2D eigenvalue weighted by atomic mass is 32.2. The zero-order chi connectivity index (χ0) is 13.3. The van der Waals surface area contributed by atoms with Crippen molar-refractivity contribution >= 4 is 21.4 Å². The fraction of sp³-hybridized carbons (Fsp3) is 0.667. The van der Waals surface area contributed by atoms with E-state index in [1.54, 1.807) is 15.8 Å². The van der Waals surface area contributed by atoms with E-state index in [0.29, 0.717) is 9.77 Å². The van der Waals surface area contributed by atoms with Crippen molar-refractivity contribution in [2.75, 3.05) is 0 Å². The fourth-order valence-electron chi connectivity index (χ4n) is 2.57. The first-order valence-corrected chi connectivity index (χ1v) is 8.50. The van der Waals surface area contributed by atoms with Crippen molar-refractivity contribution in [2.24, 2.45) is 0 Å². The number of thiophene rings is 1. The van der Waals surface area contributed by atoms with Gasteiger partial charge in [0.05, 0.1) is 11.5 Å². The fourth-order valence-corrected chi connectivity index (χ4v) is 5.58. The van der Waals surface area contributed by atoms with Crippen molar-refractivity contribution in [1.82, 2.24) is 4.31 Å². The Kier molecular flexibility index (Phi) is 4.11. The summed E-state index contributed by atoms with van der Waals surface area (Å²) in [5.74, 6) is 0. The maximum atomic E-state index is 12.6. The zero-order valence-electron chi connectivity index (χ0n) is 10.7. The lowest BCUT2D eigenvalue weighted by molar-refractivity contribution is 0.204. The van der Waals surface area contributed by atoms with Crippen molar-refractivity contribution in [3.05, 3.63) is 16.3 Å². The summed E-state index contributed by atoms with van der Waals surface area (Å²) in [5, 5.41) is 10.7. The topological polar surface area (TPSA) is 57.6 Å². The van der Waals surface area contributed by atoms with Crippen LogP contribution in [0.4, 0.5) is 0 Å². The Morgan fingerprint density at radius 3 is 2.50 bits per heavy atom. The summed E-state index contributed by atoms with van der Waals surface area (Å²) < 4.78 is 26.8. The van der Waals surface area contributed by atoms with E-state index >= 15 is 0 Å². The second-order valence-corrected chi connectivity index (χ2v) is 7.71. The van der Waals surface area contributed by atoms with Crippen LogP contribution in [0.15, 0.2) is 16.3 Å². The van der Waals surface area contributed by atoms with Crippen molar-refractivity contribution in [2.45, 2.75) is 56.7 Å². The molecule has 1 saturated heterocycles. The number of hydrogen-bond acceptors (Lipinski definition) is 4. The van der Waals surface area contributed by atoms with Crippen LogP contribution < -0.4 is 0 Å². The van der Waals surface area contributed by atoms with E-state index < -0.39 is 10.0 Å². The van der Waals surface area contributed by atoms with Crippen LogP contribution in [0, 0.1) is 0 Å². The molecule has 2 rings (SSSR count). The van der Waals surface area contributed by atoms with Crippen LogP contribution in [0.25, 0.3) is 0 Å². The van der Waals surface area contributed by atoms with Gasteiger partial charge >= 0.3 is 0 Å². The summed E-state index contributed by atoms with van der Waals surface area (Å²) >= 11 is 1.29. The van der Waals surface area contributed by atoms with E-state index in [1.807, 2.05) is 13.8 Å². The molecule has 1 fully saturated rings. The minimum atomic E-state index is -3.42. The average molecular weight is 289 g/mol. The highest BCUT2D eigenvalue weighted by Gasteiger charge is 2.35. The van der Waals surface area contributed by atoms with Crippen LogP contribution in [0.3, 0.4) is 0 Å². The van der Waals surface area contributed by atoms with Gasteiger partial charge in [-0.1, -0.05) is 6.42 Å². The number of hydrogen-bond donors (Lipinski definition) is 1. The maximum absolute atomic E-state index is 12.6. The Balaban J connectivity index is 2.34. The van der Waals surface area contributed by atoms with Gasteiger partial charge in [-0.25, -0.2) is 8.42 Å². The summed E-state index contributed by atoms with van der Waals surface area (Å²) in [6.07, 6.45) is 2.92. The molecule has 0 amide bonds. The molecule has 0 saturated carbocycles. The number of aliphatic hydroxyl groups excluding tert-OH is 1. The molecule has 0 unspecified atom stereocenters. The molecule has 4 nitrogen and oxygen atoms in total. The van der Waals surface area contributed by atoms with Gasteiger partial charge in [-0.3, -0.25) is 0 Å². The zero-order valence-corrected chi connectivity index (χ0v) is 12.3. The summed E-state index contributed by atoms with van der Waals surface area (Å²) in [7, 11) is -3.42. The van der Waals surface area contributed by atoms with Crippen molar-refractivity contribution < 1.29 is 13.5 Å². The molecule has 1 N–H and O–H groups in total. The SMILES string of the molecule is C[C@@H]1CCC[C@H](C)N1S(=O)(=O)c1csc(CO)c1. The van der Waals surface area contributed by atoms with Crippen LogP contribution in [0.5, 0.6) is 0 Å². The number of sulfonamides is 1. The Morgan fingerprint density at radius 2 is 2.00 bits per heavy atom. The molecule has 2 heterocycles. The number of nitrogens with zero attached hydrogens (tertiary/aromatic N) is 1. The molecule has 1 aliphatic heterocycles. The Bertz CT molecular complexity index is 499. The van der Waals surface area contributed by atoms with Gasteiger partial charge in [-0.15, -0.1) is 11.3 Å². The second-order valence-electron chi connectivity index (χ2n) is 4.87. The first kappa shape index (κ1) is 14.0. The highest BCUT2D eigenvalue weighted by molar-refractivity contribution is 7.89. The molecule has 18 heavy (non-hydrogen) atoms. The van der Waals surface area contributed by atoms with Crippen molar-refractivity contribution in [3.8, 4) is 0 Å². The lowest BCUT2D eigenvalue weighted by atomic mass is 10.0. The van der Waals surface area contributed by atoms with Crippen LogP contribution in [-0.2, 0) is 16.6 Å². The molecule has 1 aromatic rings. The third-order valence-corrected chi connectivity index (χ3v) is 6.65. The minimum absolute atomic E-state index is 0.0521. The third kappa shape index (κ3) is 2.47. The van der Waals surface area contributed by atoms with Crippen molar-refractivity contribution in [1.29, 1.82) is 0 Å². The minimum Gasteiger partial charge on any atom is -0.391 e. The smallest absolute Gasteiger partial charge is 0.244 e. The van der Waals surface area contributed by atoms with Gasteiger partial charge in [0, 0.05) is 22.3 Å². The summed E-state index contributed by atoms with van der Waals surface area (Å²) in [6, 6.07) is 1.68. The summed E-state index contributed by atoms with van der Waals surface area (Å²) in [6.45, 7) is 3.82. The molecule has 6 heteroatoms. The summed E-state index contributed by atoms with van der Waals surface area (Å²) in [4.78, 5) is 1.00. The van der Waals surface area contributed by atoms with Gasteiger partial charge in [0.2, 0.25) is 10.0 Å². The second kappa shape index (κ2) is 5.28. The number of aliphatic hydroxyl groups is 1. The van der Waals surface area contributed by atoms with Gasteiger partial charge in [0.1, 0.15) is 0 Å². The van der Waals surface area contributed by atoms with E-state index in [0.717, 1.165) is 19.3 Å². The van der Waals surface area contributed by atoms with Crippen LogP contribution in [0.1, 0.15) is 38.0 Å². The van der Waals surface area contributed by atoms with Gasteiger partial charge in [-0.05, 0) is 32.8 Å². The quantitative estimate of drug-likeness (QED) is 0.928. The molecular weight excluding hydrogens is 270 g/mol. The largest absolute Gasteiger partial charge is 0.391 e. The molecule has 0 aromatic carbocycles. The number of rotatable bonds is 3. The lowest BCUT2D eigenvalue weighted by Gasteiger charge is -2.37. The van der Waals surface area contributed by atoms with Crippen LogP contribution in [0.2, 0.25) is 0 Å². The van der Waals surface area contributed by atoms with Gasteiger partial charge in [0.15, 0.2) is 0 Å². The van der Waals surface area contributed by atoms with Gasteiger partial charge in [0.25, 0.3) is 0 Å². The van der Waals surface area contributed by atoms with Gasteiger partial charge < -0.3 is 5.11 Å². The average Bonchev–Trinajstić information content (AvgIpc) is 2.77. The number of piperidine rings is 1. The molecule has 0 bridgehead atoms. The van der Waals surface area contributed by atoms with E-state index in [-0.39, 0.29) is 18.7 Å². The predicted octanol–water partition coefficient (Wildman–Crippen LogP) is 2.19. The molecule has 0 radical (unpaired) electrons. The van der Waals surface area contributed by atoms with E-state index in [1.165, 1.54) is 11.3 Å². The molecule has 102 valence electrons. The van der Waals surface area contributed by atoms with E-state index in [2.05, 4.69) is 0 Å². The molecule has 1 aromatic heterocycles. The van der Waals surface area contributed by atoms with E-state index in [4.69, 9.17) is 5.11 Å². The normalized spacial score (nSPS) is 26.4. The molecule has 2 atom stereocenters. The van der Waals surface area contributed by atoms with Crippen molar-refractivity contribution in [3.63, 3.8) is 0 Å². The maximum Gasteiger partial charge on any atom is 0.244 e. The standard InChI is InChI=1S/C12H19NO3S2/c1-9-4-3-5-10(2)13(9)18(15,16)12-6-11(7-14)17-8-12/h6,8-10,14H,3-5,7H2,1-2H3/t9-,10+. The van der Waals surface area contributed by atoms with Crippen LogP contribution >= 0.6 is 11.3 Å². The molecule has 0 aliphatic carbocycles. The Morgan fingerprint density at radius 1 is 1.39 bits per heavy atom. The Labute approximate surface area is 112 Å². The van der Waals surface area contributed by atoms with Crippen LogP contribution in [-0.4, -0.2) is 29.9 Å². The van der Waals surface area contributed by atoms with Gasteiger partial charge in [-0.2, -0.15) is 4.31 Å². The first-order valence-electron chi connectivity index (χ1n) is 6.18. The Hall–Kier alpha value is -0.430. The third-order valence-electron chi connectivity index (χ3n) is 3.47. The monoisotopic (exact) mass is 289 g/mol. The highest BCUT2D eigenvalue weighted by Crippen LogP contribution is 2.31.